The molecule has 0 saturated heterocycles. The second-order valence-corrected chi connectivity index (χ2v) is 11.7. The number of carbonyl (C=O) groups is 1. The number of rotatable bonds is 12. The number of aliphatic hydroxyl groups is 1. The Labute approximate surface area is 215 Å². The SMILES string of the molecule is COC(=O)CCCCCC[C@H](O)C[P+](c1ccccc1)(c1ccccc1)c1ccccc1.[I-]. The molecule has 3 rings (SSSR count). The minimum atomic E-state index is -2.00. The van der Waals surface area contributed by atoms with Gasteiger partial charge in [0.05, 0.1) is 19.4 Å². The molecule has 0 radical (unpaired) electrons. The quantitative estimate of drug-likeness (QED) is 0.155. The third-order valence-electron chi connectivity index (χ3n) is 5.97. The van der Waals surface area contributed by atoms with E-state index in [0.29, 0.717) is 6.42 Å². The Balaban J connectivity index is 0.00000385. The molecule has 3 aromatic rings. The maximum atomic E-state index is 11.3. The van der Waals surface area contributed by atoms with Crippen LogP contribution in [0.2, 0.25) is 0 Å². The van der Waals surface area contributed by atoms with E-state index >= 15 is 0 Å². The van der Waals surface area contributed by atoms with E-state index < -0.39 is 7.26 Å². The Kier molecular flexibility index (Phi) is 12.1. The van der Waals surface area contributed by atoms with Crippen molar-refractivity contribution in [2.24, 2.45) is 0 Å². The molecule has 0 spiro atoms. The summed E-state index contributed by atoms with van der Waals surface area (Å²) in [5.41, 5.74) is 0. The second-order valence-electron chi connectivity index (χ2n) is 8.18. The van der Waals surface area contributed by atoms with Crippen molar-refractivity contribution in [3.63, 3.8) is 0 Å². The van der Waals surface area contributed by atoms with Crippen molar-refractivity contribution in [2.75, 3.05) is 13.3 Å². The lowest BCUT2D eigenvalue weighted by molar-refractivity contribution is -0.140. The van der Waals surface area contributed by atoms with Crippen molar-refractivity contribution in [3.05, 3.63) is 91.0 Å². The first-order valence-electron chi connectivity index (χ1n) is 11.5. The summed E-state index contributed by atoms with van der Waals surface area (Å²) >= 11 is 0. The summed E-state index contributed by atoms with van der Waals surface area (Å²) in [6, 6.07) is 32.1. The van der Waals surface area contributed by atoms with Gasteiger partial charge in [-0.1, -0.05) is 73.9 Å². The molecular formula is C28H34IO3P. The van der Waals surface area contributed by atoms with Crippen LogP contribution in [-0.4, -0.2) is 30.5 Å². The first-order chi connectivity index (χ1) is 15.7. The van der Waals surface area contributed by atoms with Crippen LogP contribution >= 0.6 is 7.26 Å². The average molecular weight is 576 g/mol. The molecule has 0 aromatic heterocycles. The minimum absolute atomic E-state index is 0. The number of ether oxygens (including phenoxy) is 1. The number of unbranched alkanes of at least 4 members (excludes halogenated alkanes) is 3. The molecule has 33 heavy (non-hydrogen) atoms. The molecule has 0 aliphatic carbocycles. The van der Waals surface area contributed by atoms with E-state index in [1.807, 2.05) is 0 Å². The molecule has 0 aliphatic heterocycles. The van der Waals surface area contributed by atoms with Crippen LogP contribution in [0.4, 0.5) is 0 Å². The van der Waals surface area contributed by atoms with Crippen LogP contribution < -0.4 is 39.9 Å². The molecule has 0 fully saturated rings. The largest absolute Gasteiger partial charge is 1.00 e. The summed E-state index contributed by atoms with van der Waals surface area (Å²) in [5, 5.41) is 15.1. The molecule has 1 N–H and O–H groups in total. The van der Waals surface area contributed by atoms with Gasteiger partial charge in [-0.3, -0.25) is 4.79 Å². The number of carbonyl (C=O) groups excluding carboxylic acids is 1. The van der Waals surface area contributed by atoms with E-state index in [1.165, 1.54) is 23.0 Å². The minimum Gasteiger partial charge on any atom is -1.00 e. The molecule has 0 amide bonds. The molecule has 0 heterocycles. The zero-order valence-corrected chi connectivity index (χ0v) is 22.3. The van der Waals surface area contributed by atoms with Gasteiger partial charge in [-0.05, 0) is 49.2 Å². The third-order valence-corrected chi connectivity index (χ3v) is 10.5. The lowest BCUT2D eigenvalue weighted by atomic mass is 10.1. The lowest BCUT2D eigenvalue weighted by Crippen LogP contribution is -3.00. The predicted molar refractivity (Wildman–Crippen MR) is 136 cm³/mol. The van der Waals surface area contributed by atoms with Gasteiger partial charge in [0.15, 0.2) is 0 Å². The van der Waals surface area contributed by atoms with Crippen LogP contribution in [0.5, 0.6) is 0 Å². The van der Waals surface area contributed by atoms with E-state index in [4.69, 9.17) is 4.74 Å². The monoisotopic (exact) mass is 576 g/mol. The highest BCUT2D eigenvalue weighted by atomic mass is 127. The third kappa shape index (κ3) is 7.63. The normalized spacial score (nSPS) is 11.9. The van der Waals surface area contributed by atoms with Crippen LogP contribution in [0.15, 0.2) is 91.0 Å². The number of halogens is 1. The van der Waals surface area contributed by atoms with Crippen molar-refractivity contribution in [1.82, 2.24) is 0 Å². The summed E-state index contributed by atoms with van der Waals surface area (Å²) in [5.74, 6) is -0.145. The Hall–Kier alpha value is -1.75. The molecule has 176 valence electrons. The average Bonchev–Trinajstić information content (AvgIpc) is 2.86. The second kappa shape index (κ2) is 14.5. The number of hydrogen-bond acceptors (Lipinski definition) is 3. The van der Waals surface area contributed by atoms with Gasteiger partial charge in [0, 0.05) is 6.42 Å². The number of hydrogen-bond donors (Lipinski definition) is 1. The Morgan fingerprint density at radius 1 is 0.758 bits per heavy atom. The van der Waals surface area contributed by atoms with Crippen molar-refractivity contribution in [1.29, 1.82) is 0 Å². The summed E-state index contributed by atoms with van der Waals surface area (Å²) in [7, 11) is -0.568. The fourth-order valence-corrected chi connectivity index (χ4v) is 8.71. The van der Waals surface area contributed by atoms with Crippen LogP contribution in [0.1, 0.15) is 38.5 Å². The van der Waals surface area contributed by atoms with Gasteiger partial charge in [-0.2, -0.15) is 0 Å². The molecule has 1 atom stereocenters. The predicted octanol–water partition coefficient (Wildman–Crippen LogP) is 1.86. The van der Waals surface area contributed by atoms with Gasteiger partial charge in [0.2, 0.25) is 0 Å². The van der Waals surface area contributed by atoms with Crippen LogP contribution in [-0.2, 0) is 9.53 Å². The van der Waals surface area contributed by atoms with E-state index in [-0.39, 0.29) is 36.0 Å². The summed E-state index contributed by atoms with van der Waals surface area (Å²) in [4.78, 5) is 11.3. The van der Waals surface area contributed by atoms with E-state index in [9.17, 15) is 9.90 Å². The van der Waals surface area contributed by atoms with Crippen LogP contribution in [0.3, 0.4) is 0 Å². The van der Waals surface area contributed by atoms with Crippen molar-refractivity contribution in [3.8, 4) is 0 Å². The van der Waals surface area contributed by atoms with E-state index in [2.05, 4.69) is 91.0 Å². The molecule has 0 saturated carbocycles. The molecule has 0 bridgehead atoms. The number of esters is 1. The highest BCUT2D eigenvalue weighted by Crippen LogP contribution is 2.56. The van der Waals surface area contributed by atoms with Gasteiger partial charge in [0.25, 0.3) is 0 Å². The zero-order valence-electron chi connectivity index (χ0n) is 19.3. The topological polar surface area (TPSA) is 46.5 Å². The maximum Gasteiger partial charge on any atom is 0.305 e. The van der Waals surface area contributed by atoms with Crippen LogP contribution in [0, 0.1) is 0 Å². The highest BCUT2D eigenvalue weighted by Gasteiger charge is 2.46. The molecular weight excluding hydrogens is 542 g/mol. The van der Waals surface area contributed by atoms with Gasteiger partial charge in [-0.15, -0.1) is 0 Å². The molecule has 3 nitrogen and oxygen atoms in total. The standard InChI is InChI=1S/C28H34O3P.HI/c1-31-28(30)22-14-3-2-7-15-24(29)23-32(25-16-8-4-9-17-25,26-18-10-5-11-19-26)27-20-12-6-13-21-27;/h4-6,8-13,16-21,24,29H,2-3,7,14-15,22-23H2,1H3;1H/q+1;/p-1/t24-;/m0./s1. The van der Waals surface area contributed by atoms with Gasteiger partial charge in [0.1, 0.15) is 23.2 Å². The van der Waals surface area contributed by atoms with Gasteiger partial charge >= 0.3 is 5.97 Å². The summed E-state index contributed by atoms with van der Waals surface area (Å²) in [6.45, 7) is 0. The van der Waals surface area contributed by atoms with E-state index in [1.54, 1.807) is 0 Å². The van der Waals surface area contributed by atoms with Crippen molar-refractivity contribution < 1.29 is 38.6 Å². The molecule has 3 aromatic carbocycles. The summed E-state index contributed by atoms with van der Waals surface area (Å²) in [6.07, 6.45) is 5.39. The smallest absolute Gasteiger partial charge is 0.305 e. The maximum absolute atomic E-state index is 11.3. The zero-order chi connectivity index (χ0) is 22.7. The first-order valence-corrected chi connectivity index (χ1v) is 13.4. The Morgan fingerprint density at radius 2 is 1.18 bits per heavy atom. The molecule has 5 heteroatoms. The number of benzene rings is 3. The number of methoxy groups -OCH3 is 1. The van der Waals surface area contributed by atoms with Crippen molar-refractivity contribution >= 4 is 29.1 Å². The number of aliphatic hydroxyl groups excluding tert-OH is 1. The molecule has 0 aliphatic rings. The fourth-order valence-electron chi connectivity index (χ4n) is 4.32. The lowest BCUT2D eigenvalue weighted by Gasteiger charge is -2.29. The van der Waals surface area contributed by atoms with E-state index in [0.717, 1.165) is 38.3 Å². The first kappa shape index (κ1) is 27.5. The molecule has 0 unspecified atom stereocenters. The van der Waals surface area contributed by atoms with Crippen LogP contribution in [0.25, 0.3) is 0 Å². The Morgan fingerprint density at radius 3 is 1.61 bits per heavy atom. The Bertz CT molecular complexity index is 838. The highest BCUT2D eigenvalue weighted by molar-refractivity contribution is 7.95. The fraction of sp³-hybridized carbons (Fsp3) is 0.321. The van der Waals surface area contributed by atoms with Gasteiger partial charge < -0.3 is 33.8 Å². The van der Waals surface area contributed by atoms with Crippen molar-refractivity contribution in [2.45, 2.75) is 44.6 Å². The van der Waals surface area contributed by atoms with Gasteiger partial charge in [-0.25, -0.2) is 0 Å². The summed E-state index contributed by atoms with van der Waals surface area (Å²) < 4.78 is 4.70.